The minimum Gasteiger partial charge on any atom is -0.351 e. The van der Waals surface area contributed by atoms with Crippen LogP contribution in [0.3, 0.4) is 0 Å². The number of rotatable bonds is 6. The van der Waals surface area contributed by atoms with Crippen LogP contribution in [0.15, 0.2) is 59.6 Å². The van der Waals surface area contributed by atoms with Gasteiger partial charge in [-0.25, -0.2) is 9.37 Å². The number of aryl methyl sites for hydroxylation is 1. The summed E-state index contributed by atoms with van der Waals surface area (Å²) in [7, 11) is 0. The van der Waals surface area contributed by atoms with Gasteiger partial charge < -0.3 is 5.32 Å². The Labute approximate surface area is 175 Å². The fraction of sp³-hybridized carbons (Fsp3) is 0.143. The topological polar surface area (TPSA) is 67.8 Å². The van der Waals surface area contributed by atoms with E-state index in [0.29, 0.717) is 11.6 Å². The van der Waals surface area contributed by atoms with Crippen LogP contribution in [0, 0.1) is 12.7 Å². The molecule has 1 N–H and O–H groups in total. The number of halogens is 1. The molecule has 0 saturated heterocycles. The highest BCUT2D eigenvalue weighted by Crippen LogP contribution is 2.35. The summed E-state index contributed by atoms with van der Waals surface area (Å²) in [5, 5.41) is 13.1. The number of hydrogen-bond donors (Lipinski definition) is 1. The zero-order chi connectivity index (χ0) is 20.2. The quantitative estimate of drug-likeness (QED) is 0.458. The van der Waals surface area contributed by atoms with Crippen molar-refractivity contribution in [3.05, 3.63) is 71.0 Å². The number of carbonyl (C=O) groups excluding carboxylic acids is 1. The first-order valence-electron chi connectivity index (χ1n) is 8.93. The number of thiazole rings is 1. The van der Waals surface area contributed by atoms with Crippen LogP contribution in [-0.2, 0) is 11.3 Å². The minimum atomic E-state index is -0.296. The summed E-state index contributed by atoms with van der Waals surface area (Å²) in [6.07, 6.45) is 0. The van der Waals surface area contributed by atoms with E-state index in [1.165, 1.54) is 23.9 Å². The van der Waals surface area contributed by atoms with Gasteiger partial charge in [0, 0.05) is 12.1 Å². The third-order valence-electron chi connectivity index (χ3n) is 4.18. The Hall–Kier alpha value is -2.84. The number of benzene rings is 2. The normalized spacial score (nSPS) is 11.0. The Morgan fingerprint density at radius 2 is 1.86 bits per heavy atom. The van der Waals surface area contributed by atoms with Gasteiger partial charge in [-0.15, -0.1) is 21.5 Å². The maximum atomic E-state index is 13.0. The van der Waals surface area contributed by atoms with Gasteiger partial charge in [0.05, 0.1) is 15.5 Å². The van der Waals surface area contributed by atoms with Crippen LogP contribution in [0.4, 0.5) is 4.39 Å². The second-order valence-electron chi connectivity index (χ2n) is 6.32. The van der Waals surface area contributed by atoms with Crippen LogP contribution < -0.4 is 5.32 Å². The SMILES string of the molecule is Cc1nc2c(SCC(=O)NCc3ccc(F)cc3)nnc(-c3ccccc3)c2s1. The van der Waals surface area contributed by atoms with E-state index in [2.05, 4.69) is 20.5 Å². The molecule has 0 atom stereocenters. The van der Waals surface area contributed by atoms with Gasteiger partial charge in [-0.05, 0) is 24.6 Å². The number of nitrogens with zero attached hydrogens (tertiary/aromatic N) is 3. The smallest absolute Gasteiger partial charge is 0.230 e. The highest BCUT2D eigenvalue weighted by molar-refractivity contribution is 8.00. The zero-order valence-corrected chi connectivity index (χ0v) is 17.2. The highest BCUT2D eigenvalue weighted by Gasteiger charge is 2.16. The third kappa shape index (κ3) is 4.60. The van der Waals surface area contributed by atoms with Gasteiger partial charge in [0.25, 0.3) is 0 Å². The molecule has 2 heterocycles. The van der Waals surface area contributed by atoms with Crippen molar-refractivity contribution in [1.82, 2.24) is 20.5 Å². The molecule has 0 radical (unpaired) electrons. The van der Waals surface area contributed by atoms with Crippen molar-refractivity contribution in [2.24, 2.45) is 0 Å². The van der Waals surface area contributed by atoms with Crippen LogP contribution in [0.25, 0.3) is 21.5 Å². The summed E-state index contributed by atoms with van der Waals surface area (Å²) in [5.74, 6) is -0.226. The molecule has 0 spiro atoms. The third-order valence-corrected chi connectivity index (χ3v) is 6.12. The minimum absolute atomic E-state index is 0.131. The predicted molar refractivity (Wildman–Crippen MR) is 114 cm³/mol. The summed E-state index contributed by atoms with van der Waals surface area (Å²) >= 11 is 2.88. The maximum absolute atomic E-state index is 13.0. The molecular weight excluding hydrogens is 407 g/mol. The van der Waals surface area contributed by atoms with Crippen molar-refractivity contribution in [1.29, 1.82) is 0 Å². The largest absolute Gasteiger partial charge is 0.351 e. The van der Waals surface area contributed by atoms with Gasteiger partial charge in [0.15, 0.2) is 0 Å². The fourth-order valence-corrected chi connectivity index (χ4v) is 4.53. The van der Waals surface area contributed by atoms with E-state index in [4.69, 9.17) is 0 Å². The lowest BCUT2D eigenvalue weighted by molar-refractivity contribution is -0.118. The van der Waals surface area contributed by atoms with Crippen molar-refractivity contribution in [3.8, 4) is 11.3 Å². The Bertz CT molecular complexity index is 1150. The Kier molecular flexibility index (Phi) is 5.82. The standard InChI is InChI=1S/C21H17FN4OS2/c1-13-24-19-20(29-13)18(15-5-3-2-4-6-15)25-26-21(19)28-12-17(27)23-11-14-7-9-16(22)10-8-14/h2-10H,11-12H2,1H3,(H,23,27). The summed E-state index contributed by atoms with van der Waals surface area (Å²) in [4.78, 5) is 16.8. The summed E-state index contributed by atoms with van der Waals surface area (Å²) in [6, 6.07) is 15.9. The molecular formula is C21H17FN4OS2. The van der Waals surface area contributed by atoms with Gasteiger partial charge in [-0.3, -0.25) is 4.79 Å². The molecule has 0 aliphatic carbocycles. The van der Waals surface area contributed by atoms with Crippen molar-refractivity contribution < 1.29 is 9.18 Å². The van der Waals surface area contributed by atoms with E-state index < -0.39 is 0 Å². The number of fused-ring (bicyclic) bond motifs is 1. The number of carbonyl (C=O) groups is 1. The molecule has 4 rings (SSSR count). The van der Waals surface area contributed by atoms with Gasteiger partial charge >= 0.3 is 0 Å². The Balaban J connectivity index is 1.47. The summed E-state index contributed by atoms with van der Waals surface area (Å²) in [6.45, 7) is 2.30. The van der Waals surface area contributed by atoms with Crippen molar-refractivity contribution >= 4 is 39.2 Å². The van der Waals surface area contributed by atoms with E-state index >= 15 is 0 Å². The number of nitrogens with one attached hydrogen (secondary N) is 1. The molecule has 0 aliphatic rings. The average molecular weight is 425 g/mol. The highest BCUT2D eigenvalue weighted by atomic mass is 32.2. The average Bonchev–Trinajstić information content (AvgIpc) is 3.13. The molecule has 29 heavy (non-hydrogen) atoms. The first-order valence-corrected chi connectivity index (χ1v) is 10.7. The van der Waals surface area contributed by atoms with Gasteiger partial charge in [0.1, 0.15) is 22.1 Å². The second-order valence-corrected chi connectivity index (χ2v) is 8.49. The first-order chi connectivity index (χ1) is 14.1. The molecule has 2 aromatic carbocycles. The van der Waals surface area contributed by atoms with E-state index in [-0.39, 0.29) is 17.5 Å². The molecule has 0 bridgehead atoms. The Morgan fingerprint density at radius 1 is 1.10 bits per heavy atom. The van der Waals surface area contributed by atoms with E-state index in [1.807, 2.05) is 37.3 Å². The molecule has 0 saturated carbocycles. The second kappa shape index (κ2) is 8.67. The molecule has 0 unspecified atom stereocenters. The van der Waals surface area contributed by atoms with Crippen molar-refractivity contribution in [3.63, 3.8) is 0 Å². The van der Waals surface area contributed by atoms with Crippen LogP contribution in [0.1, 0.15) is 10.6 Å². The lowest BCUT2D eigenvalue weighted by Crippen LogP contribution is -2.24. The molecule has 5 nitrogen and oxygen atoms in total. The van der Waals surface area contributed by atoms with E-state index in [9.17, 15) is 9.18 Å². The maximum Gasteiger partial charge on any atom is 0.230 e. The molecule has 0 aliphatic heterocycles. The fourth-order valence-electron chi connectivity index (χ4n) is 2.79. The molecule has 2 aromatic heterocycles. The summed E-state index contributed by atoms with van der Waals surface area (Å²) < 4.78 is 13.9. The van der Waals surface area contributed by atoms with Crippen molar-refractivity contribution in [2.45, 2.75) is 18.5 Å². The number of thioether (sulfide) groups is 1. The lowest BCUT2D eigenvalue weighted by atomic mass is 10.1. The van der Waals surface area contributed by atoms with Crippen LogP contribution in [0.5, 0.6) is 0 Å². The Morgan fingerprint density at radius 3 is 2.62 bits per heavy atom. The van der Waals surface area contributed by atoms with Gasteiger partial charge in [-0.1, -0.05) is 54.2 Å². The lowest BCUT2D eigenvalue weighted by Gasteiger charge is -2.06. The van der Waals surface area contributed by atoms with Crippen LogP contribution in [-0.4, -0.2) is 26.8 Å². The van der Waals surface area contributed by atoms with Gasteiger partial charge in [0.2, 0.25) is 5.91 Å². The van der Waals surface area contributed by atoms with Crippen LogP contribution in [0.2, 0.25) is 0 Å². The first kappa shape index (κ1) is 19.5. The molecule has 8 heteroatoms. The monoisotopic (exact) mass is 424 g/mol. The van der Waals surface area contributed by atoms with Gasteiger partial charge in [-0.2, -0.15) is 0 Å². The molecule has 146 valence electrons. The molecule has 1 amide bonds. The summed E-state index contributed by atoms with van der Waals surface area (Å²) in [5.41, 5.74) is 3.41. The number of hydrogen-bond acceptors (Lipinski definition) is 6. The van der Waals surface area contributed by atoms with E-state index in [1.54, 1.807) is 23.5 Å². The number of amides is 1. The zero-order valence-electron chi connectivity index (χ0n) is 15.6. The molecule has 4 aromatic rings. The predicted octanol–water partition coefficient (Wildman–Crippen LogP) is 4.61. The van der Waals surface area contributed by atoms with E-state index in [0.717, 1.165) is 32.0 Å². The van der Waals surface area contributed by atoms with Crippen molar-refractivity contribution in [2.75, 3.05) is 5.75 Å². The molecule has 0 fully saturated rings. The van der Waals surface area contributed by atoms with Crippen LogP contribution >= 0.6 is 23.1 Å². The number of aromatic nitrogens is 3.